The first-order valence-corrected chi connectivity index (χ1v) is 13.2. The molecule has 1 atom stereocenters. The van der Waals surface area contributed by atoms with E-state index in [0.717, 1.165) is 30.5 Å². The SMILES string of the molecule is COc1cccc(C(O)(C(=O)Nc2ccc(C3CCN(c4ccc(C(=O)N(C)C)c(Cl)n4)CC3)cc2)C(F)(F)F)c1. The number of piperidine rings is 1. The van der Waals surface area contributed by atoms with Gasteiger partial charge in [-0.1, -0.05) is 35.9 Å². The van der Waals surface area contributed by atoms with Crippen LogP contribution in [0.5, 0.6) is 5.75 Å². The maximum absolute atomic E-state index is 14.0. The summed E-state index contributed by atoms with van der Waals surface area (Å²) in [5, 5.41) is 12.9. The minimum atomic E-state index is -5.28. The summed E-state index contributed by atoms with van der Waals surface area (Å²) in [5.74, 6) is -0.914. The maximum atomic E-state index is 14.0. The number of carbonyl (C=O) groups excluding carboxylic acids is 2. The molecular weight excluding hydrogens is 561 g/mol. The minimum Gasteiger partial charge on any atom is -0.497 e. The van der Waals surface area contributed by atoms with Crippen LogP contribution in [-0.4, -0.2) is 67.3 Å². The lowest BCUT2D eigenvalue weighted by Gasteiger charge is -2.33. The molecular formula is C29H30ClF3N4O4. The number of amides is 2. The van der Waals surface area contributed by atoms with E-state index in [2.05, 4.69) is 15.2 Å². The highest BCUT2D eigenvalue weighted by molar-refractivity contribution is 6.32. The smallest absolute Gasteiger partial charge is 0.430 e. The molecule has 0 aliphatic carbocycles. The molecule has 1 fully saturated rings. The Labute approximate surface area is 240 Å². The number of pyridine rings is 1. The molecule has 12 heteroatoms. The van der Waals surface area contributed by atoms with E-state index >= 15 is 0 Å². The summed E-state index contributed by atoms with van der Waals surface area (Å²) in [6.07, 6.45) is -3.71. The van der Waals surface area contributed by atoms with Crippen LogP contribution in [0.4, 0.5) is 24.7 Å². The van der Waals surface area contributed by atoms with Crippen molar-refractivity contribution in [2.45, 2.75) is 30.5 Å². The Bertz CT molecular complexity index is 1410. The van der Waals surface area contributed by atoms with Crippen molar-refractivity contribution in [2.75, 3.05) is 44.5 Å². The number of hydrogen-bond donors (Lipinski definition) is 2. The van der Waals surface area contributed by atoms with E-state index in [-0.39, 0.29) is 28.4 Å². The van der Waals surface area contributed by atoms with Crippen LogP contribution in [0, 0.1) is 0 Å². The number of nitrogens with one attached hydrogen (secondary N) is 1. The van der Waals surface area contributed by atoms with Crippen LogP contribution in [0.25, 0.3) is 0 Å². The fraction of sp³-hybridized carbons (Fsp3) is 0.345. The number of anilines is 2. The molecule has 2 amide bonds. The molecule has 2 N–H and O–H groups in total. The molecule has 1 aliphatic heterocycles. The van der Waals surface area contributed by atoms with Gasteiger partial charge in [0.2, 0.25) is 0 Å². The summed E-state index contributed by atoms with van der Waals surface area (Å²) >= 11 is 6.27. The second kappa shape index (κ2) is 12.0. The van der Waals surface area contributed by atoms with Crippen LogP contribution >= 0.6 is 11.6 Å². The summed E-state index contributed by atoms with van der Waals surface area (Å²) in [7, 11) is 4.56. The highest BCUT2D eigenvalue weighted by Crippen LogP contribution is 2.41. The highest BCUT2D eigenvalue weighted by Gasteiger charge is 2.61. The van der Waals surface area contributed by atoms with Crippen LogP contribution in [-0.2, 0) is 10.4 Å². The van der Waals surface area contributed by atoms with E-state index in [4.69, 9.17) is 16.3 Å². The molecule has 3 aromatic rings. The zero-order valence-electron chi connectivity index (χ0n) is 22.7. The molecule has 0 spiro atoms. The van der Waals surface area contributed by atoms with E-state index in [9.17, 15) is 27.9 Å². The third-order valence-electron chi connectivity index (χ3n) is 7.16. The topological polar surface area (TPSA) is 95.0 Å². The van der Waals surface area contributed by atoms with E-state index in [0.29, 0.717) is 24.5 Å². The second-order valence-electron chi connectivity index (χ2n) is 9.98. The molecule has 1 unspecified atom stereocenters. The molecule has 1 aromatic heterocycles. The van der Waals surface area contributed by atoms with Crippen LogP contribution in [0.1, 0.15) is 40.2 Å². The number of rotatable bonds is 7. The number of benzene rings is 2. The molecule has 2 aromatic carbocycles. The lowest BCUT2D eigenvalue weighted by molar-refractivity contribution is -0.254. The molecule has 1 aliphatic rings. The van der Waals surface area contributed by atoms with Gasteiger partial charge in [-0.2, -0.15) is 13.2 Å². The Hall–Kier alpha value is -3.83. The van der Waals surface area contributed by atoms with Crippen molar-refractivity contribution >= 4 is 34.9 Å². The largest absolute Gasteiger partial charge is 0.497 e. The number of aliphatic hydroxyl groups is 1. The first-order valence-electron chi connectivity index (χ1n) is 12.8. The van der Waals surface area contributed by atoms with Gasteiger partial charge in [0.25, 0.3) is 17.4 Å². The summed E-state index contributed by atoms with van der Waals surface area (Å²) in [5.41, 5.74) is -3.01. The van der Waals surface area contributed by atoms with E-state index < -0.39 is 23.2 Å². The van der Waals surface area contributed by atoms with Gasteiger partial charge in [-0.25, -0.2) is 4.98 Å². The number of halogens is 4. The second-order valence-corrected chi connectivity index (χ2v) is 10.3. The Balaban J connectivity index is 1.41. The molecule has 1 saturated heterocycles. The van der Waals surface area contributed by atoms with Crippen LogP contribution in [0.15, 0.2) is 60.7 Å². The lowest BCUT2D eigenvalue weighted by atomic mass is 9.89. The summed E-state index contributed by atoms with van der Waals surface area (Å²) in [6.45, 7) is 1.37. The van der Waals surface area contributed by atoms with Crippen molar-refractivity contribution in [1.82, 2.24) is 9.88 Å². The van der Waals surface area contributed by atoms with Gasteiger partial charge in [-0.15, -0.1) is 0 Å². The van der Waals surface area contributed by atoms with Gasteiger partial charge in [-0.3, -0.25) is 9.59 Å². The normalized spacial score (nSPS) is 15.7. The number of nitrogens with zero attached hydrogens (tertiary/aromatic N) is 3. The molecule has 8 nitrogen and oxygen atoms in total. The third kappa shape index (κ3) is 6.25. The zero-order chi connectivity index (χ0) is 29.9. The maximum Gasteiger partial charge on any atom is 0.430 e. The Morgan fingerprint density at radius 2 is 1.73 bits per heavy atom. The van der Waals surface area contributed by atoms with Gasteiger partial charge in [0.05, 0.1) is 12.7 Å². The van der Waals surface area contributed by atoms with E-state index in [1.165, 1.54) is 36.3 Å². The van der Waals surface area contributed by atoms with E-state index in [1.807, 2.05) is 0 Å². The average Bonchev–Trinajstić information content (AvgIpc) is 2.96. The first kappa shape index (κ1) is 30.1. The molecule has 0 radical (unpaired) electrons. The van der Waals surface area contributed by atoms with Crippen molar-refractivity contribution in [2.24, 2.45) is 0 Å². The van der Waals surface area contributed by atoms with Gasteiger partial charge in [0, 0.05) is 38.4 Å². The standard InChI is InChI=1S/C29H30ClF3N4O4/c1-36(2)26(38)23-11-12-24(35-25(23)30)37-15-13-19(14-16-37)18-7-9-21(10-8-18)34-27(39)28(40,29(31,32)33)20-5-4-6-22(17-20)41-3/h4-12,17,19,40H,13-16H2,1-3H3,(H,34,39). The van der Waals surface area contributed by atoms with Crippen molar-refractivity contribution < 1.29 is 32.6 Å². The predicted molar refractivity (Wildman–Crippen MR) is 149 cm³/mol. The Morgan fingerprint density at radius 1 is 1.07 bits per heavy atom. The third-order valence-corrected chi connectivity index (χ3v) is 7.44. The molecule has 41 heavy (non-hydrogen) atoms. The first-order chi connectivity index (χ1) is 19.3. The summed E-state index contributed by atoms with van der Waals surface area (Å²) in [6, 6.07) is 14.7. The average molecular weight is 591 g/mol. The van der Waals surface area contributed by atoms with Crippen molar-refractivity contribution in [3.8, 4) is 5.75 Å². The summed E-state index contributed by atoms with van der Waals surface area (Å²) < 4.78 is 46.8. The number of alkyl halides is 3. The quantitative estimate of drug-likeness (QED) is 0.367. The van der Waals surface area contributed by atoms with Gasteiger partial charge >= 0.3 is 6.18 Å². The number of ether oxygens (including phenoxy) is 1. The molecule has 0 saturated carbocycles. The van der Waals surface area contributed by atoms with Crippen molar-refractivity contribution in [1.29, 1.82) is 0 Å². The fourth-order valence-corrected chi connectivity index (χ4v) is 5.01. The van der Waals surface area contributed by atoms with Crippen molar-refractivity contribution in [3.63, 3.8) is 0 Å². The number of methoxy groups -OCH3 is 1. The van der Waals surface area contributed by atoms with Gasteiger partial charge in [0.1, 0.15) is 16.7 Å². The van der Waals surface area contributed by atoms with Crippen LogP contribution in [0.2, 0.25) is 5.15 Å². The fourth-order valence-electron chi connectivity index (χ4n) is 4.77. The highest BCUT2D eigenvalue weighted by atomic mass is 35.5. The lowest BCUT2D eigenvalue weighted by Crippen LogP contribution is -2.52. The minimum absolute atomic E-state index is 0.0729. The zero-order valence-corrected chi connectivity index (χ0v) is 23.5. The van der Waals surface area contributed by atoms with Crippen LogP contribution < -0.4 is 15.0 Å². The van der Waals surface area contributed by atoms with Crippen molar-refractivity contribution in [3.05, 3.63) is 82.5 Å². The Morgan fingerprint density at radius 3 is 2.29 bits per heavy atom. The number of carbonyl (C=O) groups is 2. The molecule has 218 valence electrons. The Kier molecular flexibility index (Phi) is 8.79. The monoisotopic (exact) mass is 590 g/mol. The van der Waals surface area contributed by atoms with Crippen LogP contribution in [0.3, 0.4) is 0 Å². The number of aromatic nitrogens is 1. The molecule has 0 bridgehead atoms. The van der Waals surface area contributed by atoms with Gasteiger partial charge in [-0.05, 0) is 60.7 Å². The summed E-state index contributed by atoms with van der Waals surface area (Å²) in [4.78, 5) is 32.9. The predicted octanol–water partition coefficient (Wildman–Crippen LogP) is 5.22. The van der Waals surface area contributed by atoms with Gasteiger partial charge < -0.3 is 25.0 Å². The molecule has 2 heterocycles. The van der Waals surface area contributed by atoms with Gasteiger partial charge in [0.15, 0.2) is 0 Å². The number of hydrogen-bond acceptors (Lipinski definition) is 6. The van der Waals surface area contributed by atoms with E-state index in [1.54, 1.807) is 38.4 Å². The molecule has 4 rings (SSSR count).